The third-order valence-electron chi connectivity index (χ3n) is 1.69. The van der Waals surface area contributed by atoms with Gasteiger partial charge in [0.05, 0.1) is 0 Å². The van der Waals surface area contributed by atoms with Crippen LogP contribution in [0, 0.1) is 0 Å². The zero-order valence-electron chi connectivity index (χ0n) is 6.49. The van der Waals surface area contributed by atoms with Crippen LogP contribution in [-0.2, 0) is 0 Å². The summed E-state index contributed by atoms with van der Waals surface area (Å²) >= 11 is 0. The Labute approximate surface area is 70.6 Å². The molecule has 1 aliphatic heterocycles. The van der Waals surface area contributed by atoms with Crippen LogP contribution in [0.2, 0.25) is 0 Å². The predicted molar refractivity (Wildman–Crippen MR) is 49.9 cm³/mol. The molecule has 60 valence electrons. The Bertz CT molecular complexity index is 353. The molecule has 0 spiro atoms. The first kappa shape index (κ1) is 6.91. The molecular weight excluding hydrogens is 150 g/mol. The molecule has 0 amide bonds. The number of hydrogen-bond acceptors (Lipinski definition) is 3. The molecule has 1 aromatic rings. The first-order valence-electron chi connectivity index (χ1n) is 3.71. The van der Waals surface area contributed by atoms with Gasteiger partial charge in [-0.3, -0.25) is 0 Å². The number of benzene rings is 1. The molecule has 0 radical (unpaired) electrons. The van der Waals surface area contributed by atoms with Crippen LogP contribution in [0.5, 0.6) is 0 Å². The quantitative estimate of drug-likeness (QED) is 0.599. The van der Waals surface area contributed by atoms with Crippen LogP contribution < -0.4 is 11.1 Å². The fourth-order valence-electron chi connectivity index (χ4n) is 1.07. The van der Waals surface area contributed by atoms with Crippen molar-refractivity contribution in [3.63, 3.8) is 0 Å². The lowest BCUT2D eigenvalue weighted by atomic mass is 10.2. The number of nitrogens with zero attached hydrogens (tertiary/aromatic N) is 1. The molecule has 0 fully saturated rings. The van der Waals surface area contributed by atoms with Gasteiger partial charge in [-0.15, -0.1) is 0 Å². The third kappa shape index (κ3) is 1.16. The van der Waals surface area contributed by atoms with Crippen LogP contribution in [0.15, 0.2) is 41.3 Å². The third-order valence-corrected chi connectivity index (χ3v) is 1.69. The van der Waals surface area contributed by atoms with Gasteiger partial charge in [0.2, 0.25) is 0 Å². The van der Waals surface area contributed by atoms with Crippen molar-refractivity contribution in [3.05, 3.63) is 41.8 Å². The second-order valence-corrected chi connectivity index (χ2v) is 2.56. The van der Waals surface area contributed by atoms with Gasteiger partial charge < -0.3 is 11.1 Å². The molecule has 1 aliphatic rings. The highest BCUT2D eigenvalue weighted by atomic mass is 15.0. The second kappa shape index (κ2) is 2.70. The SMILES string of the molecule is NC1=CNc2ccccc2C=N1. The largest absolute Gasteiger partial charge is 0.382 e. The molecule has 3 nitrogen and oxygen atoms in total. The molecule has 0 saturated carbocycles. The van der Waals surface area contributed by atoms with Crippen molar-refractivity contribution in [3.8, 4) is 0 Å². The van der Waals surface area contributed by atoms with Gasteiger partial charge in [-0.25, -0.2) is 4.99 Å². The summed E-state index contributed by atoms with van der Waals surface area (Å²) in [6, 6.07) is 7.90. The summed E-state index contributed by atoms with van der Waals surface area (Å²) in [5, 5.41) is 3.06. The fourth-order valence-corrected chi connectivity index (χ4v) is 1.07. The molecule has 1 heterocycles. The number of rotatable bonds is 0. The lowest BCUT2D eigenvalue weighted by molar-refractivity contribution is 1.25. The smallest absolute Gasteiger partial charge is 0.139 e. The normalized spacial score (nSPS) is 14.2. The van der Waals surface area contributed by atoms with E-state index in [-0.39, 0.29) is 0 Å². The van der Waals surface area contributed by atoms with Gasteiger partial charge >= 0.3 is 0 Å². The molecule has 3 N–H and O–H groups in total. The van der Waals surface area contributed by atoms with E-state index in [1.165, 1.54) is 0 Å². The summed E-state index contributed by atoms with van der Waals surface area (Å²) in [5.74, 6) is 0.492. The molecule has 1 aromatic carbocycles. The Morgan fingerprint density at radius 2 is 2.08 bits per heavy atom. The Morgan fingerprint density at radius 3 is 3.00 bits per heavy atom. The van der Waals surface area contributed by atoms with Crippen LogP contribution in [0.1, 0.15) is 5.56 Å². The Hall–Kier alpha value is -1.77. The minimum atomic E-state index is 0.492. The first-order valence-corrected chi connectivity index (χ1v) is 3.71. The number of nitrogens with one attached hydrogen (secondary N) is 1. The van der Waals surface area contributed by atoms with Crippen LogP contribution >= 0.6 is 0 Å². The maximum absolute atomic E-state index is 5.51. The summed E-state index contributed by atoms with van der Waals surface area (Å²) in [4.78, 5) is 4.02. The first-order chi connectivity index (χ1) is 5.86. The maximum Gasteiger partial charge on any atom is 0.139 e. The number of para-hydroxylation sites is 1. The van der Waals surface area contributed by atoms with Crippen molar-refractivity contribution in [1.82, 2.24) is 0 Å². The summed E-state index contributed by atoms with van der Waals surface area (Å²) in [6.07, 6.45) is 3.43. The minimum Gasteiger partial charge on any atom is -0.382 e. The Morgan fingerprint density at radius 1 is 1.25 bits per heavy atom. The van der Waals surface area contributed by atoms with E-state index in [2.05, 4.69) is 10.3 Å². The second-order valence-electron chi connectivity index (χ2n) is 2.56. The molecule has 12 heavy (non-hydrogen) atoms. The zero-order chi connectivity index (χ0) is 8.39. The zero-order valence-corrected chi connectivity index (χ0v) is 6.49. The molecule has 2 rings (SSSR count). The topological polar surface area (TPSA) is 50.4 Å². The summed E-state index contributed by atoms with van der Waals surface area (Å²) < 4.78 is 0. The van der Waals surface area contributed by atoms with E-state index >= 15 is 0 Å². The van der Waals surface area contributed by atoms with Gasteiger partial charge in [-0.05, 0) is 6.07 Å². The number of hydrogen-bond donors (Lipinski definition) is 2. The average molecular weight is 159 g/mol. The van der Waals surface area contributed by atoms with Gasteiger partial charge in [-0.1, -0.05) is 18.2 Å². The molecule has 0 aliphatic carbocycles. The number of anilines is 1. The van der Waals surface area contributed by atoms with E-state index in [9.17, 15) is 0 Å². The minimum absolute atomic E-state index is 0.492. The molecule has 0 atom stereocenters. The summed E-state index contributed by atoms with van der Waals surface area (Å²) in [5.41, 5.74) is 7.59. The lowest BCUT2D eigenvalue weighted by Gasteiger charge is -2.01. The summed E-state index contributed by atoms with van der Waals surface area (Å²) in [6.45, 7) is 0. The van der Waals surface area contributed by atoms with Crippen molar-refractivity contribution in [2.24, 2.45) is 10.7 Å². The van der Waals surface area contributed by atoms with Crippen molar-refractivity contribution < 1.29 is 0 Å². The van der Waals surface area contributed by atoms with Gasteiger partial charge in [0.1, 0.15) is 5.82 Å². The van der Waals surface area contributed by atoms with E-state index in [1.54, 1.807) is 12.4 Å². The average Bonchev–Trinajstić information content (AvgIpc) is 2.29. The molecule has 3 heteroatoms. The van der Waals surface area contributed by atoms with E-state index in [1.807, 2.05) is 24.3 Å². The van der Waals surface area contributed by atoms with E-state index in [4.69, 9.17) is 5.73 Å². The highest BCUT2D eigenvalue weighted by molar-refractivity contribution is 5.89. The molecular formula is C9H9N3. The van der Waals surface area contributed by atoms with E-state index < -0.39 is 0 Å². The van der Waals surface area contributed by atoms with Gasteiger partial charge in [-0.2, -0.15) is 0 Å². The molecule has 0 saturated heterocycles. The van der Waals surface area contributed by atoms with Crippen molar-refractivity contribution >= 4 is 11.9 Å². The molecule has 0 aromatic heterocycles. The number of aliphatic imine (C=N–C) groups is 1. The van der Waals surface area contributed by atoms with Crippen molar-refractivity contribution in [2.75, 3.05) is 5.32 Å². The van der Waals surface area contributed by atoms with Crippen LogP contribution in [0.3, 0.4) is 0 Å². The molecule has 0 unspecified atom stereocenters. The standard InChI is InChI=1S/C9H9N3/c10-9-6-11-8-4-2-1-3-7(8)5-12-9/h1-6,11H,10H2. The van der Waals surface area contributed by atoms with E-state index in [0.717, 1.165) is 11.3 Å². The van der Waals surface area contributed by atoms with Gasteiger partial charge in [0.15, 0.2) is 0 Å². The highest BCUT2D eigenvalue weighted by Crippen LogP contribution is 2.15. The predicted octanol–water partition coefficient (Wildman–Crippen LogP) is 1.29. The van der Waals surface area contributed by atoms with Crippen molar-refractivity contribution in [1.29, 1.82) is 0 Å². The van der Waals surface area contributed by atoms with Gasteiger partial charge in [0.25, 0.3) is 0 Å². The Balaban J connectivity index is 2.48. The monoisotopic (exact) mass is 159 g/mol. The maximum atomic E-state index is 5.51. The molecule has 0 bridgehead atoms. The van der Waals surface area contributed by atoms with Crippen LogP contribution in [0.25, 0.3) is 0 Å². The van der Waals surface area contributed by atoms with E-state index in [0.29, 0.717) is 5.82 Å². The number of fused-ring (bicyclic) bond motifs is 1. The highest BCUT2D eigenvalue weighted by Gasteiger charge is 1.99. The number of nitrogens with two attached hydrogens (primary N) is 1. The summed E-state index contributed by atoms with van der Waals surface area (Å²) in [7, 11) is 0. The van der Waals surface area contributed by atoms with Crippen molar-refractivity contribution in [2.45, 2.75) is 0 Å². The fraction of sp³-hybridized carbons (Fsp3) is 0. The van der Waals surface area contributed by atoms with Crippen LogP contribution in [0.4, 0.5) is 5.69 Å². The lowest BCUT2D eigenvalue weighted by Crippen LogP contribution is -1.95. The van der Waals surface area contributed by atoms with Crippen LogP contribution in [-0.4, -0.2) is 6.21 Å². The van der Waals surface area contributed by atoms with Gasteiger partial charge in [0, 0.05) is 23.7 Å². The Kier molecular flexibility index (Phi) is 1.55.